The number of ether oxygens (including phenoxy) is 2. The highest BCUT2D eigenvalue weighted by Crippen LogP contribution is 2.19. The van der Waals surface area contributed by atoms with Crippen LogP contribution in [0.15, 0.2) is 0 Å². The monoisotopic (exact) mass is 569 g/mol. The molecule has 40 heavy (non-hydrogen) atoms. The average molecular weight is 569 g/mol. The summed E-state index contributed by atoms with van der Waals surface area (Å²) in [6.45, 7) is 11.5. The normalized spacial score (nSPS) is 13.3. The van der Waals surface area contributed by atoms with Crippen molar-refractivity contribution in [2.24, 2.45) is 11.8 Å². The largest absolute Gasteiger partial charge is 0.394 e. The molecule has 0 heterocycles. The highest BCUT2D eigenvalue weighted by molar-refractivity contribution is 4.58. The predicted molar refractivity (Wildman–Crippen MR) is 177 cm³/mol. The van der Waals surface area contributed by atoms with Crippen LogP contribution in [-0.4, -0.2) is 37.6 Å². The fourth-order valence-electron chi connectivity index (χ4n) is 5.69. The molecule has 0 saturated heterocycles. The lowest BCUT2D eigenvalue weighted by atomic mass is 9.96. The summed E-state index contributed by atoms with van der Waals surface area (Å²) in [5.74, 6) is 1.75. The van der Waals surface area contributed by atoms with Crippen molar-refractivity contribution in [1.29, 1.82) is 0 Å². The van der Waals surface area contributed by atoms with Gasteiger partial charge in [-0.25, -0.2) is 0 Å². The maximum Gasteiger partial charge on any atom is 0.104 e. The van der Waals surface area contributed by atoms with E-state index in [0.717, 1.165) is 37.9 Å². The molecule has 0 aromatic rings. The van der Waals surface area contributed by atoms with Crippen LogP contribution in [0.4, 0.5) is 0 Å². The molecule has 0 bridgehead atoms. The first-order valence-corrected chi connectivity index (χ1v) is 18.4. The van der Waals surface area contributed by atoms with Crippen LogP contribution in [0.3, 0.4) is 0 Å². The van der Waals surface area contributed by atoms with Crippen LogP contribution in [0, 0.1) is 11.8 Å². The Bertz CT molecular complexity index is 453. The second-order valence-corrected chi connectivity index (χ2v) is 13.4. The Balaban J connectivity index is 3.35. The van der Waals surface area contributed by atoms with E-state index >= 15 is 0 Å². The first-order chi connectivity index (χ1) is 19.6. The minimum Gasteiger partial charge on any atom is -0.394 e. The lowest BCUT2D eigenvalue weighted by molar-refractivity contribution is -0.0437. The van der Waals surface area contributed by atoms with Gasteiger partial charge in [0.2, 0.25) is 0 Å². The van der Waals surface area contributed by atoms with Crippen molar-refractivity contribution in [2.45, 2.75) is 201 Å². The maximum absolute atomic E-state index is 9.60. The zero-order valence-electron chi connectivity index (χ0n) is 28.2. The molecule has 242 valence electrons. The summed E-state index contributed by atoms with van der Waals surface area (Å²) in [6.07, 6.45) is 35.4. The van der Waals surface area contributed by atoms with Crippen molar-refractivity contribution in [3.05, 3.63) is 0 Å². The molecule has 2 atom stereocenters. The Hall–Kier alpha value is -0.120. The van der Waals surface area contributed by atoms with Crippen molar-refractivity contribution < 1.29 is 14.6 Å². The van der Waals surface area contributed by atoms with E-state index in [4.69, 9.17) is 9.47 Å². The smallest absolute Gasteiger partial charge is 0.104 e. The van der Waals surface area contributed by atoms with Gasteiger partial charge in [-0.2, -0.15) is 0 Å². The molecule has 0 radical (unpaired) electrons. The highest BCUT2D eigenvalue weighted by Gasteiger charge is 2.08. The fraction of sp³-hybridized carbons (Fsp3) is 1.00. The Morgan fingerprint density at radius 2 is 0.875 bits per heavy atom. The summed E-state index contributed by atoms with van der Waals surface area (Å²) < 4.78 is 11.7. The van der Waals surface area contributed by atoms with Crippen LogP contribution >= 0.6 is 0 Å². The van der Waals surface area contributed by atoms with Gasteiger partial charge in [0.25, 0.3) is 0 Å². The Labute approximate surface area is 253 Å². The van der Waals surface area contributed by atoms with Crippen LogP contribution in [-0.2, 0) is 9.47 Å². The SMILES string of the molecule is CCCCCCCCCCCCCCCCOC(CO)COCCCCCC[C@H](C)CCCCCCCC(C)C. The van der Waals surface area contributed by atoms with Gasteiger partial charge >= 0.3 is 0 Å². The summed E-state index contributed by atoms with van der Waals surface area (Å²) >= 11 is 0. The molecule has 0 rings (SSSR count). The van der Waals surface area contributed by atoms with Crippen LogP contribution in [0.25, 0.3) is 0 Å². The van der Waals surface area contributed by atoms with E-state index in [1.54, 1.807) is 0 Å². The first-order valence-electron chi connectivity index (χ1n) is 18.4. The van der Waals surface area contributed by atoms with E-state index in [0.29, 0.717) is 6.61 Å². The van der Waals surface area contributed by atoms with Crippen LogP contribution in [0.5, 0.6) is 0 Å². The summed E-state index contributed by atoms with van der Waals surface area (Å²) in [4.78, 5) is 0. The van der Waals surface area contributed by atoms with E-state index in [1.807, 2.05) is 0 Å². The molecule has 0 aromatic carbocycles. The average Bonchev–Trinajstić information content (AvgIpc) is 2.94. The Morgan fingerprint density at radius 3 is 1.32 bits per heavy atom. The number of unbranched alkanes of at least 4 members (excludes halogenated alkanes) is 20. The molecule has 0 aromatic heterocycles. The van der Waals surface area contributed by atoms with E-state index in [9.17, 15) is 5.11 Å². The molecule has 0 saturated carbocycles. The van der Waals surface area contributed by atoms with Gasteiger partial charge in [0, 0.05) is 13.2 Å². The topological polar surface area (TPSA) is 38.7 Å². The second-order valence-electron chi connectivity index (χ2n) is 13.4. The molecule has 1 unspecified atom stereocenters. The molecule has 0 aliphatic rings. The van der Waals surface area contributed by atoms with Crippen molar-refractivity contribution in [2.75, 3.05) is 26.4 Å². The third-order valence-corrected chi connectivity index (χ3v) is 8.57. The number of hydrogen-bond donors (Lipinski definition) is 1. The fourth-order valence-corrected chi connectivity index (χ4v) is 5.69. The number of hydrogen-bond acceptors (Lipinski definition) is 3. The summed E-state index contributed by atoms with van der Waals surface area (Å²) in [6, 6.07) is 0. The van der Waals surface area contributed by atoms with Crippen LogP contribution in [0.2, 0.25) is 0 Å². The van der Waals surface area contributed by atoms with Crippen molar-refractivity contribution >= 4 is 0 Å². The molecular formula is C37H76O3. The Kier molecular flexibility index (Phi) is 33.3. The molecule has 3 heteroatoms. The summed E-state index contributed by atoms with van der Waals surface area (Å²) in [5.41, 5.74) is 0. The van der Waals surface area contributed by atoms with Crippen molar-refractivity contribution in [1.82, 2.24) is 0 Å². The minimum absolute atomic E-state index is 0.0639. The Morgan fingerprint density at radius 1 is 0.475 bits per heavy atom. The van der Waals surface area contributed by atoms with E-state index in [1.165, 1.54) is 154 Å². The molecule has 0 spiro atoms. The zero-order valence-corrected chi connectivity index (χ0v) is 28.2. The summed E-state index contributed by atoms with van der Waals surface area (Å²) in [5, 5.41) is 9.60. The number of rotatable bonds is 34. The highest BCUT2D eigenvalue weighted by atomic mass is 16.5. The van der Waals surface area contributed by atoms with Crippen molar-refractivity contribution in [3.63, 3.8) is 0 Å². The molecule has 0 aliphatic carbocycles. The second kappa shape index (κ2) is 33.4. The van der Waals surface area contributed by atoms with Gasteiger partial charge in [-0.05, 0) is 24.7 Å². The third-order valence-electron chi connectivity index (χ3n) is 8.57. The predicted octanol–water partition coefficient (Wildman–Crippen LogP) is 11.8. The standard InChI is InChI=1S/C37H76O3/c1-5-6-7-8-9-10-11-12-13-14-15-16-21-27-32-40-37(33-38)34-39-31-26-22-20-25-30-36(4)29-24-19-17-18-23-28-35(2)3/h35-38H,5-34H2,1-4H3/t36-,37?/m1/s1. The quantitative estimate of drug-likeness (QED) is 0.0784. The van der Waals surface area contributed by atoms with Gasteiger partial charge in [0.1, 0.15) is 6.10 Å². The molecule has 0 amide bonds. The number of aliphatic hydroxyl groups is 1. The van der Waals surface area contributed by atoms with Crippen molar-refractivity contribution in [3.8, 4) is 0 Å². The lowest BCUT2D eigenvalue weighted by Gasteiger charge is -2.16. The zero-order chi connectivity index (χ0) is 29.4. The van der Waals surface area contributed by atoms with E-state index in [-0.39, 0.29) is 12.7 Å². The van der Waals surface area contributed by atoms with Crippen LogP contribution < -0.4 is 0 Å². The van der Waals surface area contributed by atoms with Gasteiger partial charge in [-0.15, -0.1) is 0 Å². The van der Waals surface area contributed by atoms with Gasteiger partial charge in [-0.1, -0.05) is 182 Å². The van der Waals surface area contributed by atoms with Gasteiger partial charge in [-0.3, -0.25) is 0 Å². The van der Waals surface area contributed by atoms with Gasteiger partial charge < -0.3 is 14.6 Å². The van der Waals surface area contributed by atoms with E-state index in [2.05, 4.69) is 27.7 Å². The first kappa shape index (κ1) is 39.9. The molecule has 0 fully saturated rings. The third kappa shape index (κ3) is 32.4. The lowest BCUT2D eigenvalue weighted by Crippen LogP contribution is -2.24. The molecular weight excluding hydrogens is 492 g/mol. The van der Waals surface area contributed by atoms with Gasteiger partial charge in [0.15, 0.2) is 0 Å². The molecule has 3 nitrogen and oxygen atoms in total. The minimum atomic E-state index is -0.155. The van der Waals surface area contributed by atoms with Crippen LogP contribution in [0.1, 0.15) is 195 Å². The molecule has 1 N–H and O–H groups in total. The summed E-state index contributed by atoms with van der Waals surface area (Å²) in [7, 11) is 0. The van der Waals surface area contributed by atoms with Gasteiger partial charge in [0.05, 0.1) is 13.2 Å². The number of aliphatic hydroxyl groups excluding tert-OH is 1. The molecule has 0 aliphatic heterocycles. The maximum atomic E-state index is 9.60. The van der Waals surface area contributed by atoms with E-state index < -0.39 is 0 Å².